The van der Waals surface area contributed by atoms with E-state index in [1.165, 1.54) is 4.90 Å². The zero-order valence-corrected chi connectivity index (χ0v) is 35.0. The van der Waals surface area contributed by atoms with E-state index in [1.807, 2.05) is 20.8 Å². The molecule has 4 aliphatic carbocycles. The molecular weight excluding hydrogens is 719 g/mol. The summed E-state index contributed by atoms with van der Waals surface area (Å²) in [4.78, 5) is 71.9. The number of nitrogens with one attached hydrogen (secondary N) is 4. The number of sulfone groups is 1. The van der Waals surface area contributed by atoms with Gasteiger partial charge in [0.15, 0.2) is 9.84 Å². The Kier molecular flexibility index (Phi) is 13.1. The van der Waals surface area contributed by atoms with Gasteiger partial charge in [0.1, 0.15) is 12.1 Å². The molecule has 0 bridgehead atoms. The smallest absolute Gasteiger partial charge is 0.315 e. The number of ketones is 1. The molecule has 13 heteroatoms. The van der Waals surface area contributed by atoms with Crippen LogP contribution in [0.3, 0.4) is 0 Å². The third kappa shape index (κ3) is 10.4. The van der Waals surface area contributed by atoms with Crippen molar-refractivity contribution < 1.29 is 32.4 Å². The van der Waals surface area contributed by atoms with Crippen LogP contribution in [0.1, 0.15) is 151 Å². The van der Waals surface area contributed by atoms with E-state index >= 15 is 4.79 Å². The van der Waals surface area contributed by atoms with E-state index in [4.69, 9.17) is 6.42 Å². The molecule has 12 nitrogen and oxygen atoms in total. The van der Waals surface area contributed by atoms with Gasteiger partial charge in [-0.1, -0.05) is 58.3 Å². The number of rotatable bonds is 15. The molecule has 1 aliphatic heterocycles. The molecule has 0 aromatic heterocycles. The number of carbonyl (C=O) groups excluding carboxylic acids is 5. The van der Waals surface area contributed by atoms with E-state index in [0.717, 1.165) is 64.2 Å². The normalized spacial score (nSPS) is 25.1. The largest absolute Gasteiger partial charge is 0.347 e. The quantitative estimate of drug-likeness (QED) is 0.135. The first kappa shape index (κ1) is 43.0. The summed E-state index contributed by atoms with van der Waals surface area (Å²) in [6, 6.07) is -3.69. The summed E-state index contributed by atoms with van der Waals surface area (Å²) >= 11 is 0. The molecule has 55 heavy (non-hydrogen) atoms. The average molecular weight is 786 g/mol. The number of terminal acetylenes is 1. The second kappa shape index (κ2) is 16.8. The lowest BCUT2D eigenvalue weighted by molar-refractivity contribution is -0.145. The number of amides is 5. The Morgan fingerprint density at radius 3 is 2.00 bits per heavy atom. The molecule has 5 fully saturated rings. The van der Waals surface area contributed by atoms with Crippen LogP contribution in [-0.2, 0) is 29.0 Å². The fourth-order valence-electron chi connectivity index (χ4n) is 9.07. The van der Waals surface area contributed by atoms with Gasteiger partial charge in [-0.3, -0.25) is 19.2 Å². The molecule has 4 N–H and O–H groups in total. The zero-order valence-electron chi connectivity index (χ0n) is 34.2. The van der Waals surface area contributed by atoms with Crippen LogP contribution in [0.5, 0.6) is 0 Å². The van der Waals surface area contributed by atoms with E-state index < -0.39 is 84.5 Å². The number of urea groups is 1. The highest BCUT2D eigenvalue weighted by Gasteiger charge is 2.53. The Labute approximate surface area is 329 Å². The third-order valence-electron chi connectivity index (χ3n) is 13.4. The Morgan fingerprint density at radius 2 is 1.45 bits per heavy atom. The Morgan fingerprint density at radius 1 is 0.855 bits per heavy atom. The van der Waals surface area contributed by atoms with E-state index in [0.29, 0.717) is 50.9 Å². The molecule has 0 radical (unpaired) electrons. The number of carbonyl (C=O) groups is 5. The average Bonchev–Trinajstić information content (AvgIpc) is 4.06. The van der Waals surface area contributed by atoms with Crippen molar-refractivity contribution in [2.45, 2.75) is 185 Å². The third-order valence-corrected chi connectivity index (χ3v) is 16.2. The Hall–Kier alpha value is -3.14. The molecule has 0 aromatic rings. The van der Waals surface area contributed by atoms with Crippen molar-refractivity contribution in [3.8, 4) is 12.3 Å². The van der Waals surface area contributed by atoms with Crippen LogP contribution in [0.2, 0.25) is 0 Å². The highest BCUT2D eigenvalue weighted by molar-refractivity contribution is 7.92. The molecule has 1 heterocycles. The van der Waals surface area contributed by atoms with Crippen molar-refractivity contribution in [1.82, 2.24) is 26.2 Å². The first-order chi connectivity index (χ1) is 25.7. The molecular formula is C42H67N5O7S. The van der Waals surface area contributed by atoms with Crippen molar-refractivity contribution in [3.63, 3.8) is 0 Å². The van der Waals surface area contributed by atoms with Gasteiger partial charge in [-0.05, 0) is 104 Å². The fourth-order valence-corrected chi connectivity index (χ4v) is 10.6. The zero-order chi connectivity index (χ0) is 40.4. The van der Waals surface area contributed by atoms with Gasteiger partial charge >= 0.3 is 6.03 Å². The molecule has 4 atom stereocenters. The topological polar surface area (TPSA) is 171 Å². The van der Waals surface area contributed by atoms with Crippen molar-refractivity contribution in [3.05, 3.63) is 0 Å². The lowest BCUT2D eigenvalue weighted by Crippen LogP contribution is -2.65. The second-order valence-corrected chi connectivity index (χ2v) is 22.1. The van der Waals surface area contributed by atoms with Gasteiger partial charge in [-0.15, -0.1) is 12.3 Å². The minimum atomic E-state index is -3.59. The van der Waals surface area contributed by atoms with Crippen LogP contribution < -0.4 is 21.3 Å². The van der Waals surface area contributed by atoms with Gasteiger partial charge in [0.05, 0.1) is 22.1 Å². The van der Waals surface area contributed by atoms with Gasteiger partial charge in [0.25, 0.3) is 5.91 Å². The van der Waals surface area contributed by atoms with Crippen molar-refractivity contribution >= 4 is 39.4 Å². The predicted molar refractivity (Wildman–Crippen MR) is 212 cm³/mol. The van der Waals surface area contributed by atoms with Gasteiger partial charge in [0, 0.05) is 23.9 Å². The summed E-state index contributed by atoms with van der Waals surface area (Å²) in [5.41, 5.74) is -2.40. The van der Waals surface area contributed by atoms with E-state index in [9.17, 15) is 27.6 Å². The molecule has 5 rings (SSSR count). The van der Waals surface area contributed by atoms with Crippen molar-refractivity contribution in [2.24, 2.45) is 22.7 Å². The lowest BCUT2D eigenvalue weighted by Gasteiger charge is -2.44. The van der Waals surface area contributed by atoms with Crippen LogP contribution in [0.15, 0.2) is 0 Å². The summed E-state index contributed by atoms with van der Waals surface area (Å²) < 4.78 is 26.0. The van der Waals surface area contributed by atoms with Crippen molar-refractivity contribution in [2.75, 3.05) is 12.3 Å². The maximum atomic E-state index is 15.1. The van der Waals surface area contributed by atoms with Crippen molar-refractivity contribution in [1.29, 1.82) is 0 Å². The van der Waals surface area contributed by atoms with Crippen LogP contribution in [0, 0.1) is 35.0 Å². The number of hydrogen-bond acceptors (Lipinski definition) is 7. The summed E-state index contributed by atoms with van der Waals surface area (Å²) in [5, 5.41) is 11.8. The fraction of sp³-hybridized carbons (Fsp3) is 0.833. The van der Waals surface area contributed by atoms with Gasteiger partial charge in [0.2, 0.25) is 17.6 Å². The van der Waals surface area contributed by atoms with Crippen LogP contribution in [0.4, 0.5) is 4.79 Å². The highest BCUT2D eigenvalue weighted by Crippen LogP contribution is 2.43. The maximum Gasteiger partial charge on any atom is 0.315 e. The SMILES string of the molecule is C#CC(C)(C)[C@H]1CCN(C(=O)[C@@H](NC(=O)NC2(CS(=O)(=O)C(C)(C)C)CCCCC2)C2(C)CCCCC2)[C@@H]1C(=O)N[C@@H](CCC1CC1)C(=O)C(=O)NC1CC1. The van der Waals surface area contributed by atoms with Crippen LogP contribution in [0.25, 0.3) is 0 Å². The molecule has 5 amide bonds. The first-order valence-corrected chi connectivity index (χ1v) is 22.6. The summed E-state index contributed by atoms with van der Waals surface area (Å²) in [6.45, 7) is 11.0. The number of likely N-dealkylation sites (tertiary alicyclic amines) is 1. The second-order valence-electron chi connectivity index (χ2n) is 19.4. The van der Waals surface area contributed by atoms with Crippen LogP contribution in [-0.4, -0.2) is 89.6 Å². The van der Waals surface area contributed by atoms with Gasteiger partial charge in [-0.25, -0.2) is 13.2 Å². The maximum absolute atomic E-state index is 15.1. The van der Waals surface area contributed by atoms with Gasteiger partial charge in [-0.2, -0.15) is 0 Å². The minimum Gasteiger partial charge on any atom is -0.347 e. The molecule has 308 valence electrons. The lowest BCUT2D eigenvalue weighted by atomic mass is 9.70. The Bertz CT molecular complexity index is 1610. The van der Waals surface area contributed by atoms with Crippen LogP contribution >= 0.6 is 0 Å². The molecule has 0 spiro atoms. The predicted octanol–water partition coefficient (Wildman–Crippen LogP) is 4.94. The monoisotopic (exact) mass is 785 g/mol. The number of hydrogen-bond donors (Lipinski definition) is 4. The molecule has 0 unspecified atom stereocenters. The van der Waals surface area contributed by atoms with E-state index in [1.54, 1.807) is 20.8 Å². The highest BCUT2D eigenvalue weighted by atomic mass is 32.2. The summed E-state index contributed by atoms with van der Waals surface area (Å²) in [6.07, 6.45) is 18.9. The summed E-state index contributed by atoms with van der Waals surface area (Å²) in [7, 11) is -3.59. The summed E-state index contributed by atoms with van der Waals surface area (Å²) in [5.74, 6) is 0.340. The minimum absolute atomic E-state index is 0.0151. The molecule has 5 aliphatic rings. The van der Waals surface area contributed by atoms with E-state index in [2.05, 4.69) is 27.2 Å². The standard InChI is InChI=1S/C42H67N5O7S/c1-8-40(5,6)30-21-26-47(32(30)35(49)44-31(20-17-28-15-16-28)33(48)36(50)43-29-18-19-29)37(51)34(41(7)22-11-9-12-23-41)45-38(52)46-42(24-13-10-14-25-42)27-55(53,54)39(2,3)4/h1,28-32,34H,9-27H2,2-7H3,(H,43,50)(H,44,49)(H2,45,46,52)/t30-,31-,32-,34+/m0/s1. The number of nitrogens with zero attached hydrogens (tertiary/aromatic N) is 1. The first-order valence-electron chi connectivity index (χ1n) is 21.0. The molecule has 0 aromatic carbocycles. The molecule has 4 saturated carbocycles. The van der Waals surface area contributed by atoms with Gasteiger partial charge < -0.3 is 26.2 Å². The Balaban J connectivity index is 1.43. The molecule has 1 saturated heterocycles. The number of Topliss-reactive ketones (excluding diaryl/α,β-unsaturated/α-hetero) is 1. The van der Waals surface area contributed by atoms with E-state index in [-0.39, 0.29) is 18.3 Å².